The molecular weight excluding hydrogens is 456 g/mol. The first-order valence-corrected chi connectivity index (χ1v) is 12.1. The maximum absolute atomic E-state index is 12.8. The molecule has 1 amide bonds. The average Bonchev–Trinajstić information content (AvgIpc) is 2.79. The largest absolute Gasteiger partial charge is 0.495 e. The number of anilines is 2. The van der Waals surface area contributed by atoms with Crippen LogP contribution in [0.4, 0.5) is 11.4 Å². The molecule has 0 saturated heterocycles. The van der Waals surface area contributed by atoms with Gasteiger partial charge in [-0.25, -0.2) is 8.42 Å². The number of ether oxygens (including phenoxy) is 3. The molecule has 0 bridgehead atoms. The maximum Gasteiger partial charge on any atom is 0.262 e. The molecule has 0 aliphatic rings. The van der Waals surface area contributed by atoms with Gasteiger partial charge in [-0.05, 0) is 86.5 Å². The summed E-state index contributed by atoms with van der Waals surface area (Å²) in [5.41, 5.74) is 2.53. The highest BCUT2D eigenvalue weighted by molar-refractivity contribution is 7.92. The highest BCUT2D eigenvalue weighted by atomic mass is 32.2. The fourth-order valence-corrected chi connectivity index (χ4v) is 4.34. The lowest BCUT2D eigenvalue weighted by Crippen LogP contribution is -2.21. The van der Waals surface area contributed by atoms with Gasteiger partial charge in [-0.1, -0.05) is 6.07 Å². The van der Waals surface area contributed by atoms with E-state index >= 15 is 0 Å². The van der Waals surface area contributed by atoms with E-state index in [0.29, 0.717) is 40.8 Å². The molecule has 0 saturated carbocycles. The third-order valence-corrected chi connectivity index (χ3v) is 6.24. The van der Waals surface area contributed by atoms with Crippen molar-refractivity contribution in [1.29, 1.82) is 0 Å². The molecule has 0 heterocycles. The topological polar surface area (TPSA) is 103 Å². The van der Waals surface area contributed by atoms with Crippen LogP contribution in [0.2, 0.25) is 0 Å². The Labute approximate surface area is 199 Å². The molecule has 180 valence electrons. The van der Waals surface area contributed by atoms with Crippen molar-refractivity contribution in [3.63, 3.8) is 0 Å². The van der Waals surface area contributed by atoms with Crippen molar-refractivity contribution in [2.75, 3.05) is 30.4 Å². The highest BCUT2D eigenvalue weighted by Crippen LogP contribution is 2.26. The fraction of sp³-hybridized carbons (Fsp3) is 0.240. The highest BCUT2D eigenvalue weighted by Gasteiger charge is 2.17. The van der Waals surface area contributed by atoms with Crippen molar-refractivity contribution in [2.24, 2.45) is 0 Å². The fourth-order valence-electron chi connectivity index (χ4n) is 3.20. The molecule has 3 aromatic carbocycles. The Kier molecular flexibility index (Phi) is 8.01. The zero-order valence-corrected chi connectivity index (χ0v) is 20.4. The SMILES string of the molecule is CCOc1ccc(NS(=O)(=O)c2ccc(OCC(=O)Nc3cc(C)ccc3OC)c(C)c2)cc1. The van der Waals surface area contributed by atoms with Crippen molar-refractivity contribution in [1.82, 2.24) is 0 Å². The van der Waals surface area contributed by atoms with E-state index in [2.05, 4.69) is 10.0 Å². The summed E-state index contributed by atoms with van der Waals surface area (Å²) in [7, 11) is -2.27. The molecule has 0 aromatic heterocycles. The molecule has 0 aliphatic carbocycles. The number of carbonyl (C=O) groups is 1. The van der Waals surface area contributed by atoms with Gasteiger partial charge in [0.25, 0.3) is 15.9 Å². The second kappa shape index (κ2) is 10.9. The predicted octanol–water partition coefficient (Wildman–Crippen LogP) is 4.53. The van der Waals surface area contributed by atoms with Gasteiger partial charge in [0.05, 0.1) is 24.3 Å². The molecule has 0 radical (unpaired) electrons. The van der Waals surface area contributed by atoms with E-state index in [9.17, 15) is 13.2 Å². The van der Waals surface area contributed by atoms with Crippen LogP contribution >= 0.6 is 0 Å². The zero-order chi connectivity index (χ0) is 24.7. The van der Waals surface area contributed by atoms with Gasteiger partial charge in [0.15, 0.2) is 6.61 Å². The number of hydrogen-bond donors (Lipinski definition) is 2. The number of amides is 1. The summed E-state index contributed by atoms with van der Waals surface area (Å²) >= 11 is 0. The molecule has 3 aromatic rings. The molecule has 8 nitrogen and oxygen atoms in total. The number of benzene rings is 3. The first-order valence-electron chi connectivity index (χ1n) is 10.7. The Morgan fingerprint density at radius 2 is 1.62 bits per heavy atom. The lowest BCUT2D eigenvalue weighted by Gasteiger charge is -2.14. The third kappa shape index (κ3) is 6.41. The number of rotatable bonds is 10. The third-order valence-electron chi connectivity index (χ3n) is 4.86. The minimum absolute atomic E-state index is 0.0835. The molecule has 0 spiro atoms. The van der Waals surface area contributed by atoms with Crippen LogP contribution in [0.3, 0.4) is 0 Å². The average molecular weight is 485 g/mol. The van der Waals surface area contributed by atoms with Gasteiger partial charge in [-0.3, -0.25) is 9.52 Å². The second-order valence-electron chi connectivity index (χ2n) is 7.53. The molecule has 0 aliphatic heterocycles. The lowest BCUT2D eigenvalue weighted by atomic mass is 10.2. The van der Waals surface area contributed by atoms with Crippen LogP contribution in [0.25, 0.3) is 0 Å². The Bertz CT molecular complexity index is 1260. The van der Waals surface area contributed by atoms with E-state index in [4.69, 9.17) is 14.2 Å². The Balaban J connectivity index is 1.64. The smallest absolute Gasteiger partial charge is 0.262 e. The van der Waals surface area contributed by atoms with E-state index in [0.717, 1.165) is 5.56 Å². The second-order valence-corrected chi connectivity index (χ2v) is 9.21. The molecule has 34 heavy (non-hydrogen) atoms. The van der Waals surface area contributed by atoms with Crippen LogP contribution < -0.4 is 24.2 Å². The summed E-state index contributed by atoms with van der Waals surface area (Å²) in [6, 6.07) is 16.6. The minimum Gasteiger partial charge on any atom is -0.495 e. The van der Waals surface area contributed by atoms with Gasteiger partial charge in [-0.15, -0.1) is 0 Å². The zero-order valence-electron chi connectivity index (χ0n) is 19.5. The molecule has 3 rings (SSSR count). The summed E-state index contributed by atoms with van der Waals surface area (Å²) in [5, 5.41) is 2.76. The number of sulfonamides is 1. The van der Waals surface area contributed by atoms with Gasteiger partial charge >= 0.3 is 0 Å². The normalized spacial score (nSPS) is 10.9. The number of aryl methyl sites for hydroxylation is 2. The Hall–Kier alpha value is -3.72. The lowest BCUT2D eigenvalue weighted by molar-refractivity contribution is -0.118. The Morgan fingerprint density at radius 1 is 0.912 bits per heavy atom. The number of carbonyl (C=O) groups excluding carboxylic acids is 1. The van der Waals surface area contributed by atoms with Crippen LogP contribution in [-0.4, -0.2) is 34.6 Å². The minimum atomic E-state index is -3.80. The van der Waals surface area contributed by atoms with Crippen LogP contribution in [-0.2, 0) is 14.8 Å². The molecule has 0 atom stereocenters. The van der Waals surface area contributed by atoms with Crippen LogP contribution in [0, 0.1) is 13.8 Å². The number of nitrogens with one attached hydrogen (secondary N) is 2. The van der Waals surface area contributed by atoms with E-state index < -0.39 is 10.0 Å². The predicted molar refractivity (Wildman–Crippen MR) is 131 cm³/mol. The van der Waals surface area contributed by atoms with Gasteiger partial charge in [0, 0.05) is 5.69 Å². The summed E-state index contributed by atoms with van der Waals surface area (Å²) in [6.45, 7) is 5.79. The molecular formula is C25H28N2O6S. The summed E-state index contributed by atoms with van der Waals surface area (Å²) in [5.74, 6) is 1.25. The maximum atomic E-state index is 12.8. The molecule has 2 N–H and O–H groups in total. The van der Waals surface area contributed by atoms with E-state index in [1.807, 2.05) is 19.9 Å². The number of hydrogen-bond acceptors (Lipinski definition) is 6. The monoisotopic (exact) mass is 484 g/mol. The standard InChI is InChI=1S/C25H28N2O6S/c1-5-32-20-9-7-19(8-10-20)27-34(29,30)21-11-13-23(18(3)15-21)33-16-25(28)26-22-14-17(2)6-12-24(22)31-4/h6-15,27H,5,16H2,1-4H3,(H,26,28). The van der Waals surface area contributed by atoms with Crippen LogP contribution in [0.1, 0.15) is 18.1 Å². The van der Waals surface area contributed by atoms with Crippen LogP contribution in [0.5, 0.6) is 17.2 Å². The van der Waals surface area contributed by atoms with Crippen molar-refractivity contribution in [3.8, 4) is 17.2 Å². The summed E-state index contributed by atoms with van der Waals surface area (Å²) in [4.78, 5) is 12.4. The van der Waals surface area contributed by atoms with Gasteiger partial charge in [0.1, 0.15) is 17.2 Å². The molecule has 0 fully saturated rings. The summed E-state index contributed by atoms with van der Waals surface area (Å²) in [6.07, 6.45) is 0. The van der Waals surface area contributed by atoms with Crippen LogP contribution in [0.15, 0.2) is 65.6 Å². The van der Waals surface area contributed by atoms with Gasteiger partial charge in [-0.2, -0.15) is 0 Å². The van der Waals surface area contributed by atoms with E-state index in [1.54, 1.807) is 43.3 Å². The van der Waals surface area contributed by atoms with Crippen molar-refractivity contribution in [2.45, 2.75) is 25.7 Å². The van der Waals surface area contributed by atoms with Gasteiger partial charge < -0.3 is 19.5 Å². The van der Waals surface area contributed by atoms with Crippen molar-refractivity contribution >= 4 is 27.3 Å². The molecule has 9 heteroatoms. The number of methoxy groups -OCH3 is 1. The summed E-state index contributed by atoms with van der Waals surface area (Å²) < 4.78 is 44.3. The van der Waals surface area contributed by atoms with Crippen molar-refractivity contribution < 1.29 is 27.4 Å². The first kappa shape index (κ1) is 24.9. The first-order chi connectivity index (χ1) is 16.2. The van der Waals surface area contributed by atoms with E-state index in [-0.39, 0.29) is 17.4 Å². The van der Waals surface area contributed by atoms with E-state index in [1.165, 1.54) is 25.3 Å². The molecule has 0 unspecified atom stereocenters. The van der Waals surface area contributed by atoms with Gasteiger partial charge in [0.2, 0.25) is 0 Å². The quantitative estimate of drug-likeness (QED) is 0.438. The van der Waals surface area contributed by atoms with Crippen molar-refractivity contribution in [3.05, 3.63) is 71.8 Å². The Morgan fingerprint density at radius 3 is 2.26 bits per heavy atom.